The summed E-state index contributed by atoms with van der Waals surface area (Å²) >= 11 is 0. The SMILES string of the molecule is CCC(COC(=O)C(C)C)COC(=O)[C@H](C)N.Cl. The van der Waals surface area contributed by atoms with Crippen molar-refractivity contribution in [2.24, 2.45) is 17.6 Å². The Balaban J connectivity index is 0. The zero-order chi connectivity index (χ0) is 13.4. The summed E-state index contributed by atoms with van der Waals surface area (Å²) in [6, 6.07) is -0.620. The molecule has 0 amide bonds. The van der Waals surface area contributed by atoms with E-state index in [1.165, 1.54) is 0 Å². The topological polar surface area (TPSA) is 78.6 Å². The monoisotopic (exact) mass is 281 g/mol. The van der Waals surface area contributed by atoms with Gasteiger partial charge in [-0.15, -0.1) is 12.4 Å². The molecule has 2 N–H and O–H groups in total. The minimum absolute atomic E-state index is 0. The Kier molecular flexibility index (Phi) is 11.0. The van der Waals surface area contributed by atoms with Crippen LogP contribution in [-0.2, 0) is 19.1 Å². The first-order valence-electron chi connectivity index (χ1n) is 5.97. The first kappa shape index (κ1) is 19.5. The average molecular weight is 282 g/mol. The molecular formula is C12H24ClNO4. The highest BCUT2D eigenvalue weighted by atomic mass is 35.5. The Labute approximate surface area is 115 Å². The van der Waals surface area contributed by atoms with Crippen LogP contribution in [0.2, 0.25) is 0 Å². The first-order chi connectivity index (χ1) is 7.88. The van der Waals surface area contributed by atoms with Crippen molar-refractivity contribution in [1.82, 2.24) is 0 Å². The predicted molar refractivity (Wildman–Crippen MR) is 71.4 cm³/mol. The van der Waals surface area contributed by atoms with Gasteiger partial charge in [0.1, 0.15) is 6.04 Å². The lowest BCUT2D eigenvalue weighted by Crippen LogP contribution is -2.31. The van der Waals surface area contributed by atoms with Gasteiger partial charge in [0, 0.05) is 5.92 Å². The smallest absolute Gasteiger partial charge is 0.322 e. The Morgan fingerprint density at radius 3 is 1.83 bits per heavy atom. The Hall–Kier alpha value is -0.810. The van der Waals surface area contributed by atoms with E-state index >= 15 is 0 Å². The number of nitrogens with two attached hydrogens (primary N) is 1. The molecule has 0 aromatic heterocycles. The summed E-state index contributed by atoms with van der Waals surface area (Å²) in [4.78, 5) is 22.4. The van der Waals surface area contributed by atoms with Crippen LogP contribution in [-0.4, -0.2) is 31.2 Å². The van der Waals surface area contributed by atoms with Gasteiger partial charge >= 0.3 is 11.9 Å². The molecule has 1 unspecified atom stereocenters. The predicted octanol–water partition coefficient (Wildman–Crippen LogP) is 1.52. The van der Waals surface area contributed by atoms with Gasteiger partial charge in [0.2, 0.25) is 0 Å². The highest BCUT2D eigenvalue weighted by Gasteiger charge is 2.16. The molecule has 0 saturated heterocycles. The molecule has 2 atom stereocenters. The fourth-order valence-electron chi connectivity index (χ4n) is 0.982. The summed E-state index contributed by atoms with van der Waals surface area (Å²) < 4.78 is 10.1. The fraction of sp³-hybridized carbons (Fsp3) is 0.833. The van der Waals surface area contributed by atoms with Gasteiger partial charge in [0.25, 0.3) is 0 Å². The molecule has 0 aliphatic rings. The van der Waals surface area contributed by atoms with Crippen molar-refractivity contribution in [3.8, 4) is 0 Å². The summed E-state index contributed by atoms with van der Waals surface area (Å²) in [5.74, 6) is -0.778. The van der Waals surface area contributed by atoms with Crippen molar-refractivity contribution >= 4 is 24.3 Å². The summed E-state index contributed by atoms with van der Waals surface area (Å²) in [5, 5.41) is 0. The molecule has 0 saturated carbocycles. The second-order valence-corrected chi connectivity index (χ2v) is 4.48. The Morgan fingerprint density at radius 1 is 1.06 bits per heavy atom. The molecular weight excluding hydrogens is 258 g/mol. The number of halogens is 1. The van der Waals surface area contributed by atoms with Crippen molar-refractivity contribution in [1.29, 1.82) is 0 Å². The van der Waals surface area contributed by atoms with Crippen LogP contribution < -0.4 is 5.73 Å². The van der Waals surface area contributed by atoms with Crippen LogP contribution in [0.5, 0.6) is 0 Å². The molecule has 6 heteroatoms. The largest absolute Gasteiger partial charge is 0.465 e. The summed E-state index contributed by atoms with van der Waals surface area (Å²) in [5.41, 5.74) is 5.37. The van der Waals surface area contributed by atoms with Gasteiger partial charge in [0.15, 0.2) is 0 Å². The van der Waals surface area contributed by atoms with Crippen LogP contribution in [0.3, 0.4) is 0 Å². The minimum atomic E-state index is -0.620. The summed E-state index contributed by atoms with van der Waals surface area (Å²) in [6.45, 7) is 7.59. The van der Waals surface area contributed by atoms with E-state index in [1.807, 2.05) is 6.92 Å². The summed E-state index contributed by atoms with van der Waals surface area (Å²) in [7, 11) is 0. The maximum atomic E-state index is 11.3. The highest BCUT2D eigenvalue weighted by Crippen LogP contribution is 2.07. The Bertz CT molecular complexity index is 232. The lowest BCUT2D eigenvalue weighted by atomic mass is 10.1. The van der Waals surface area contributed by atoms with E-state index in [4.69, 9.17) is 15.2 Å². The van der Waals surface area contributed by atoms with Crippen molar-refractivity contribution in [3.05, 3.63) is 0 Å². The van der Waals surface area contributed by atoms with Gasteiger partial charge in [-0.25, -0.2) is 0 Å². The second kappa shape index (κ2) is 10.1. The molecule has 0 aliphatic carbocycles. The van der Waals surface area contributed by atoms with Gasteiger partial charge < -0.3 is 15.2 Å². The molecule has 0 heterocycles. The number of carbonyl (C=O) groups excluding carboxylic acids is 2. The third-order valence-corrected chi connectivity index (χ3v) is 2.34. The molecule has 5 nitrogen and oxygen atoms in total. The number of hydrogen-bond donors (Lipinski definition) is 1. The Morgan fingerprint density at radius 2 is 1.50 bits per heavy atom. The van der Waals surface area contributed by atoms with E-state index < -0.39 is 12.0 Å². The molecule has 0 radical (unpaired) electrons. The zero-order valence-corrected chi connectivity index (χ0v) is 12.3. The van der Waals surface area contributed by atoms with Crippen LogP contribution in [0.15, 0.2) is 0 Å². The van der Waals surface area contributed by atoms with Gasteiger partial charge in [-0.1, -0.05) is 20.8 Å². The highest BCUT2D eigenvalue weighted by molar-refractivity contribution is 5.85. The standard InChI is InChI=1S/C12H23NO4.ClH/c1-5-10(6-16-11(14)8(2)3)7-17-12(15)9(4)13;/h8-10H,5-7,13H2,1-4H3;1H/t9-,10?;/m0./s1. The van der Waals surface area contributed by atoms with Crippen molar-refractivity contribution in [2.75, 3.05) is 13.2 Å². The van der Waals surface area contributed by atoms with Crippen LogP contribution in [0.4, 0.5) is 0 Å². The zero-order valence-electron chi connectivity index (χ0n) is 11.5. The number of esters is 2. The van der Waals surface area contributed by atoms with Crippen LogP contribution in [0, 0.1) is 11.8 Å². The molecule has 0 spiro atoms. The van der Waals surface area contributed by atoms with Crippen molar-refractivity contribution in [2.45, 2.75) is 40.2 Å². The van der Waals surface area contributed by atoms with E-state index in [-0.39, 0.29) is 43.4 Å². The van der Waals surface area contributed by atoms with Crippen molar-refractivity contribution in [3.63, 3.8) is 0 Å². The third kappa shape index (κ3) is 8.31. The normalized spacial score (nSPS) is 13.4. The number of rotatable bonds is 7. The van der Waals surface area contributed by atoms with Crippen LogP contribution in [0.25, 0.3) is 0 Å². The number of carbonyl (C=O) groups is 2. The van der Waals surface area contributed by atoms with Gasteiger partial charge in [-0.05, 0) is 13.3 Å². The maximum Gasteiger partial charge on any atom is 0.322 e. The van der Waals surface area contributed by atoms with E-state index in [9.17, 15) is 9.59 Å². The van der Waals surface area contributed by atoms with Gasteiger partial charge in [0.05, 0.1) is 19.1 Å². The quantitative estimate of drug-likeness (QED) is 0.716. The third-order valence-electron chi connectivity index (χ3n) is 2.34. The van der Waals surface area contributed by atoms with E-state index in [0.717, 1.165) is 6.42 Å². The van der Waals surface area contributed by atoms with E-state index in [0.29, 0.717) is 0 Å². The molecule has 18 heavy (non-hydrogen) atoms. The lowest BCUT2D eigenvalue weighted by molar-refractivity contribution is -0.151. The molecule has 0 rings (SSSR count). The van der Waals surface area contributed by atoms with Crippen LogP contribution in [0.1, 0.15) is 34.1 Å². The van der Waals surface area contributed by atoms with Gasteiger partial charge in [-0.3, -0.25) is 9.59 Å². The maximum absolute atomic E-state index is 11.3. The molecule has 0 aromatic carbocycles. The van der Waals surface area contributed by atoms with Gasteiger partial charge in [-0.2, -0.15) is 0 Å². The number of ether oxygens (including phenoxy) is 2. The first-order valence-corrected chi connectivity index (χ1v) is 5.97. The second-order valence-electron chi connectivity index (χ2n) is 4.48. The average Bonchev–Trinajstić information content (AvgIpc) is 2.28. The van der Waals surface area contributed by atoms with E-state index in [2.05, 4.69) is 0 Å². The molecule has 0 bridgehead atoms. The molecule has 0 aromatic rings. The molecule has 0 aliphatic heterocycles. The number of hydrogen-bond acceptors (Lipinski definition) is 5. The summed E-state index contributed by atoms with van der Waals surface area (Å²) in [6.07, 6.45) is 0.775. The molecule has 0 fully saturated rings. The van der Waals surface area contributed by atoms with Crippen LogP contribution >= 0.6 is 12.4 Å². The minimum Gasteiger partial charge on any atom is -0.465 e. The van der Waals surface area contributed by atoms with E-state index in [1.54, 1.807) is 20.8 Å². The van der Waals surface area contributed by atoms with Crippen molar-refractivity contribution < 1.29 is 19.1 Å². The lowest BCUT2D eigenvalue weighted by Gasteiger charge is -2.16. The molecule has 108 valence electrons. The fourth-order valence-corrected chi connectivity index (χ4v) is 0.982.